The predicted molar refractivity (Wildman–Crippen MR) is 268 cm³/mol. The fourth-order valence-corrected chi connectivity index (χ4v) is 10.4. The van der Waals surface area contributed by atoms with E-state index in [2.05, 4.69) is 158 Å². The van der Waals surface area contributed by atoms with E-state index in [1.165, 1.54) is 47.8 Å². The number of nitrogens with zero attached hydrogens (tertiary/aromatic N) is 3. The number of para-hydroxylation sites is 1. The van der Waals surface area contributed by atoms with Crippen molar-refractivity contribution in [2.24, 2.45) is 15.7 Å². The van der Waals surface area contributed by atoms with Crippen molar-refractivity contribution in [3.8, 4) is 27.9 Å². The molecule has 0 bridgehead atoms. The average molecular weight is 831 g/mol. The number of allylic oxidation sites excluding steroid dienone is 1. The lowest BCUT2D eigenvalue weighted by atomic mass is 9.96. The number of aromatic nitrogens is 1. The van der Waals surface area contributed by atoms with Crippen molar-refractivity contribution in [3.63, 3.8) is 0 Å². The van der Waals surface area contributed by atoms with E-state index in [4.69, 9.17) is 20.1 Å². The Morgan fingerprint density at radius 2 is 1.37 bits per heavy atom. The first-order valence-electron chi connectivity index (χ1n) is 21.3. The Labute approximate surface area is 369 Å². The van der Waals surface area contributed by atoms with Gasteiger partial charge in [-0.15, -0.1) is 11.3 Å². The maximum atomic E-state index is 6.92. The molecule has 0 aliphatic rings. The molecule has 0 unspecified atom stereocenters. The van der Waals surface area contributed by atoms with Gasteiger partial charge in [-0.2, -0.15) is 0 Å². The fourth-order valence-electron chi connectivity index (χ4n) is 9.11. The van der Waals surface area contributed by atoms with Crippen LogP contribution < -0.4 is 5.73 Å². The van der Waals surface area contributed by atoms with Gasteiger partial charge in [-0.05, 0) is 95.8 Å². The van der Waals surface area contributed by atoms with E-state index in [1.807, 2.05) is 65.9 Å². The van der Waals surface area contributed by atoms with Gasteiger partial charge in [0.2, 0.25) is 0 Å². The Balaban J connectivity index is 0.991. The first-order chi connectivity index (χ1) is 31.0. The van der Waals surface area contributed by atoms with Crippen LogP contribution in [0.15, 0.2) is 202 Å². The number of hydrogen-bond donors (Lipinski definition) is 1. The van der Waals surface area contributed by atoms with Gasteiger partial charge >= 0.3 is 0 Å². The molecule has 302 valence electrons. The van der Waals surface area contributed by atoms with Gasteiger partial charge in [0, 0.05) is 58.8 Å². The number of hydrogen-bond acceptors (Lipinski definition) is 3. The van der Waals surface area contributed by atoms with Gasteiger partial charge in [0.1, 0.15) is 17.0 Å². The summed E-state index contributed by atoms with van der Waals surface area (Å²) in [5.74, 6) is 0.953. The summed E-state index contributed by atoms with van der Waals surface area (Å²) < 4.78 is 11.4. The summed E-state index contributed by atoms with van der Waals surface area (Å²) in [7, 11) is 0. The molecule has 5 nitrogen and oxygen atoms in total. The minimum absolute atomic E-state index is 0.381. The lowest BCUT2D eigenvalue weighted by molar-refractivity contribution is 0.668. The zero-order valence-electron chi connectivity index (χ0n) is 34.9. The number of thiophene rings is 1. The van der Waals surface area contributed by atoms with E-state index >= 15 is 0 Å². The van der Waals surface area contributed by atoms with Crippen molar-refractivity contribution >= 4 is 82.1 Å². The molecule has 0 radical (unpaired) electrons. The summed E-state index contributed by atoms with van der Waals surface area (Å²) in [6, 6.07) is 63.6. The molecular weight excluding hydrogens is 789 g/mol. The molecule has 0 saturated heterocycles. The molecule has 3 heterocycles. The maximum Gasteiger partial charge on any atom is 0.157 e. The van der Waals surface area contributed by atoms with E-state index in [9.17, 15) is 0 Å². The van der Waals surface area contributed by atoms with Crippen molar-refractivity contribution in [1.82, 2.24) is 4.57 Å². The summed E-state index contributed by atoms with van der Waals surface area (Å²) in [5, 5.41) is 5.87. The molecule has 2 N–H and O–H groups in total. The molecule has 0 aliphatic heterocycles. The molecule has 0 saturated carbocycles. The summed E-state index contributed by atoms with van der Waals surface area (Å²) in [6.07, 6.45) is 4.25. The van der Waals surface area contributed by atoms with Crippen LogP contribution in [-0.2, 0) is 6.54 Å². The molecule has 11 aromatic rings. The second-order valence-electron chi connectivity index (χ2n) is 15.8. The van der Waals surface area contributed by atoms with Crippen molar-refractivity contribution < 1.29 is 4.42 Å². The standard InChI is InChI=1S/C57H42N4OS/c1-3-16-48-36(2)43-24-10-11-28-49(43)61(48)42-23-12-21-40(33-42)56(58)60-57(38-19-8-5-9-20-38)59-35-41-22-13-29-51-53(41)47-34-39(31-32-50(47)62-51)44-25-15-30-52-54(44)46-27-14-26-45(55(46)63-52)37-17-6-4-7-18-37/h3-34H,35H2,1-2H3,(H2,58,59,60)/b16-3-. The van der Waals surface area contributed by atoms with Crippen molar-refractivity contribution in [1.29, 1.82) is 0 Å². The highest BCUT2D eigenvalue weighted by Gasteiger charge is 2.18. The molecule has 63 heavy (non-hydrogen) atoms. The minimum atomic E-state index is 0.381. The summed E-state index contributed by atoms with van der Waals surface area (Å²) in [4.78, 5) is 10.3. The molecule has 0 amide bonds. The third-order valence-corrected chi connectivity index (χ3v) is 13.3. The van der Waals surface area contributed by atoms with Gasteiger partial charge in [-0.25, -0.2) is 4.99 Å². The summed E-state index contributed by atoms with van der Waals surface area (Å²) >= 11 is 1.86. The predicted octanol–water partition coefficient (Wildman–Crippen LogP) is 14.9. The zero-order valence-corrected chi connectivity index (χ0v) is 35.7. The van der Waals surface area contributed by atoms with Gasteiger partial charge in [0.15, 0.2) is 5.84 Å². The number of furan rings is 1. The molecular formula is C57H42N4OS. The topological polar surface area (TPSA) is 68.8 Å². The number of fused-ring (bicyclic) bond motifs is 7. The quantitative estimate of drug-likeness (QED) is 0.122. The lowest BCUT2D eigenvalue weighted by Gasteiger charge is -2.12. The van der Waals surface area contributed by atoms with Gasteiger partial charge in [0.25, 0.3) is 0 Å². The number of rotatable bonds is 8. The van der Waals surface area contributed by atoms with Crippen LogP contribution in [0, 0.1) is 6.92 Å². The third kappa shape index (κ3) is 6.72. The molecule has 6 heteroatoms. The number of aliphatic imine (C=N–C) groups is 2. The van der Waals surface area contributed by atoms with Gasteiger partial charge < -0.3 is 14.7 Å². The van der Waals surface area contributed by atoms with Crippen LogP contribution >= 0.6 is 11.3 Å². The number of nitrogens with two attached hydrogens (primary N) is 1. The first kappa shape index (κ1) is 38.1. The van der Waals surface area contributed by atoms with Crippen molar-refractivity contribution in [2.45, 2.75) is 20.4 Å². The van der Waals surface area contributed by atoms with E-state index < -0.39 is 0 Å². The largest absolute Gasteiger partial charge is 0.456 e. The third-order valence-electron chi connectivity index (χ3n) is 12.1. The van der Waals surface area contributed by atoms with Crippen LogP contribution in [0.3, 0.4) is 0 Å². The Hall–Kier alpha value is -7.80. The van der Waals surface area contributed by atoms with Gasteiger partial charge in [-0.1, -0.05) is 146 Å². The molecule has 0 atom stereocenters. The fraction of sp³-hybridized carbons (Fsp3) is 0.0526. The van der Waals surface area contributed by atoms with Crippen LogP contribution in [0.25, 0.3) is 87.0 Å². The monoisotopic (exact) mass is 830 g/mol. The van der Waals surface area contributed by atoms with Crippen LogP contribution in [-0.4, -0.2) is 16.2 Å². The highest BCUT2D eigenvalue weighted by molar-refractivity contribution is 7.26. The Morgan fingerprint density at radius 1 is 0.635 bits per heavy atom. The molecule has 11 rings (SSSR count). The minimum Gasteiger partial charge on any atom is -0.456 e. The van der Waals surface area contributed by atoms with Gasteiger partial charge in [-0.3, -0.25) is 4.99 Å². The zero-order chi connectivity index (χ0) is 42.4. The van der Waals surface area contributed by atoms with Crippen LogP contribution in [0.1, 0.15) is 34.9 Å². The van der Waals surface area contributed by atoms with E-state index in [0.29, 0.717) is 18.2 Å². The smallest absolute Gasteiger partial charge is 0.157 e. The van der Waals surface area contributed by atoms with Crippen LogP contribution in [0.4, 0.5) is 0 Å². The number of amidine groups is 2. The normalized spacial score (nSPS) is 12.5. The van der Waals surface area contributed by atoms with Crippen LogP contribution in [0.2, 0.25) is 0 Å². The summed E-state index contributed by atoms with van der Waals surface area (Å²) in [6.45, 7) is 4.61. The molecule has 0 spiro atoms. The second-order valence-corrected chi connectivity index (χ2v) is 16.9. The summed E-state index contributed by atoms with van der Waals surface area (Å²) in [5.41, 5.74) is 20.7. The Kier molecular flexibility index (Phi) is 9.63. The molecule has 8 aromatic carbocycles. The van der Waals surface area contributed by atoms with Crippen molar-refractivity contribution in [2.75, 3.05) is 0 Å². The molecule has 3 aromatic heterocycles. The van der Waals surface area contributed by atoms with Crippen LogP contribution in [0.5, 0.6) is 0 Å². The number of aryl methyl sites for hydroxylation is 1. The Morgan fingerprint density at radius 3 is 2.22 bits per heavy atom. The molecule has 0 aliphatic carbocycles. The van der Waals surface area contributed by atoms with Crippen molar-refractivity contribution in [3.05, 3.63) is 216 Å². The second kappa shape index (κ2) is 15.9. The highest BCUT2D eigenvalue weighted by Crippen LogP contribution is 2.45. The maximum absolute atomic E-state index is 6.92. The highest BCUT2D eigenvalue weighted by atomic mass is 32.1. The Bertz CT molecular complexity index is 3620. The number of benzene rings is 8. The van der Waals surface area contributed by atoms with E-state index in [0.717, 1.165) is 61.1 Å². The molecule has 0 fully saturated rings. The average Bonchev–Trinajstić information content (AvgIpc) is 4.00. The van der Waals surface area contributed by atoms with Gasteiger partial charge in [0.05, 0.1) is 12.1 Å². The lowest BCUT2D eigenvalue weighted by Crippen LogP contribution is -2.17. The first-order valence-corrected chi connectivity index (χ1v) is 22.1. The van der Waals surface area contributed by atoms with E-state index in [-0.39, 0.29) is 0 Å². The van der Waals surface area contributed by atoms with E-state index in [1.54, 1.807) is 0 Å². The SMILES string of the molecule is C/C=C\c1c(C)c2ccccc2n1-c1cccc(C(N)=NC(=NCc2cccc3oc4ccc(-c5cccc6sc7c(-c8ccccc8)cccc7c56)cc4c23)c2ccccc2)c1.